The summed E-state index contributed by atoms with van der Waals surface area (Å²) < 4.78 is 11.0. The van der Waals surface area contributed by atoms with Crippen LogP contribution in [0.3, 0.4) is 0 Å². The standard InChI is InChI=1S/C18H22O3/c1-14(19)18(12-15-6-4-3-5-7-15)21-13-16-8-10-17(20-2)11-9-16/h3-11,14,18-19H,12-13H2,1-2H3/t14-,18+/m0/s1. The van der Waals surface area contributed by atoms with Crippen LogP contribution in [0.4, 0.5) is 0 Å². The predicted octanol–water partition coefficient (Wildman–Crippen LogP) is 3.20. The van der Waals surface area contributed by atoms with Gasteiger partial charge in [0.25, 0.3) is 0 Å². The third-order valence-electron chi connectivity index (χ3n) is 3.44. The summed E-state index contributed by atoms with van der Waals surface area (Å²) in [5.74, 6) is 0.829. The Bertz CT molecular complexity index is 520. The molecule has 0 radical (unpaired) electrons. The third-order valence-corrected chi connectivity index (χ3v) is 3.44. The fraction of sp³-hybridized carbons (Fsp3) is 0.333. The molecule has 3 heteroatoms. The Hall–Kier alpha value is -1.84. The van der Waals surface area contributed by atoms with Crippen LogP contribution in [-0.4, -0.2) is 24.4 Å². The van der Waals surface area contributed by atoms with Crippen LogP contribution in [0.1, 0.15) is 18.1 Å². The summed E-state index contributed by atoms with van der Waals surface area (Å²) in [5, 5.41) is 9.89. The number of methoxy groups -OCH3 is 1. The SMILES string of the molecule is COc1ccc(CO[C@H](Cc2ccccc2)[C@H](C)O)cc1. The molecule has 0 aliphatic rings. The minimum absolute atomic E-state index is 0.213. The van der Waals surface area contributed by atoms with E-state index in [0.29, 0.717) is 13.0 Å². The zero-order chi connectivity index (χ0) is 15.1. The number of rotatable bonds is 7. The average molecular weight is 286 g/mol. The van der Waals surface area contributed by atoms with Gasteiger partial charge in [-0.2, -0.15) is 0 Å². The van der Waals surface area contributed by atoms with E-state index in [1.807, 2.05) is 54.6 Å². The quantitative estimate of drug-likeness (QED) is 0.849. The van der Waals surface area contributed by atoms with E-state index in [9.17, 15) is 5.11 Å². The van der Waals surface area contributed by atoms with Crippen molar-refractivity contribution in [3.63, 3.8) is 0 Å². The van der Waals surface area contributed by atoms with Crippen LogP contribution in [0, 0.1) is 0 Å². The third kappa shape index (κ3) is 4.88. The fourth-order valence-electron chi connectivity index (χ4n) is 2.14. The van der Waals surface area contributed by atoms with Crippen LogP contribution in [0.2, 0.25) is 0 Å². The molecule has 0 spiro atoms. The molecule has 0 bridgehead atoms. The highest BCUT2D eigenvalue weighted by Crippen LogP contribution is 2.15. The van der Waals surface area contributed by atoms with Crippen molar-refractivity contribution in [1.82, 2.24) is 0 Å². The van der Waals surface area contributed by atoms with Crippen LogP contribution < -0.4 is 4.74 Å². The van der Waals surface area contributed by atoms with E-state index in [4.69, 9.17) is 9.47 Å². The van der Waals surface area contributed by atoms with Crippen LogP contribution in [0.5, 0.6) is 5.75 Å². The molecule has 3 nitrogen and oxygen atoms in total. The highest BCUT2D eigenvalue weighted by molar-refractivity contribution is 5.26. The lowest BCUT2D eigenvalue weighted by molar-refractivity contribution is -0.0373. The smallest absolute Gasteiger partial charge is 0.118 e. The lowest BCUT2D eigenvalue weighted by Crippen LogP contribution is -2.28. The van der Waals surface area contributed by atoms with Gasteiger partial charge in [-0.05, 0) is 30.2 Å². The zero-order valence-electron chi connectivity index (χ0n) is 12.5. The Balaban J connectivity index is 1.93. The summed E-state index contributed by atoms with van der Waals surface area (Å²) in [6.07, 6.45) is -0.0211. The van der Waals surface area contributed by atoms with E-state index in [1.54, 1.807) is 14.0 Å². The lowest BCUT2D eigenvalue weighted by atomic mass is 10.0. The van der Waals surface area contributed by atoms with Crippen LogP contribution in [0.25, 0.3) is 0 Å². The van der Waals surface area contributed by atoms with E-state index in [2.05, 4.69) is 0 Å². The first-order valence-electron chi connectivity index (χ1n) is 7.15. The number of aliphatic hydroxyl groups excluding tert-OH is 1. The largest absolute Gasteiger partial charge is 0.497 e. The Morgan fingerprint density at radius 1 is 0.952 bits per heavy atom. The monoisotopic (exact) mass is 286 g/mol. The molecular formula is C18H22O3. The Morgan fingerprint density at radius 3 is 2.19 bits per heavy atom. The summed E-state index contributed by atoms with van der Waals surface area (Å²) >= 11 is 0. The molecule has 112 valence electrons. The van der Waals surface area contributed by atoms with Gasteiger partial charge in [-0.1, -0.05) is 42.5 Å². The van der Waals surface area contributed by atoms with Crippen molar-refractivity contribution in [2.45, 2.75) is 32.2 Å². The van der Waals surface area contributed by atoms with Gasteiger partial charge in [-0.15, -0.1) is 0 Å². The van der Waals surface area contributed by atoms with Gasteiger partial charge in [0.1, 0.15) is 5.75 Å². The molecule has 2 rings (SSSR count). The number of ether oxygens (including phenoxy) is 2. The molecule has 0 saturated carbocycles. The molecule has 0 aliphatic heterocycles. The lowest BCUT2D eigenvalue weighted by Gasteiger charge is -2.21. The molecule has 2 atom stereocenters. The van der Waals surface area contributed by atoms with Crippen molar-refractivity contribution in [3.05, 3.63) is 65.7 Å². The minimum Gasteiger partial charge on any atom is -0.497 e. The van der Waals surface area contributed by atoms with Crippen molar-refractivity contribution in [2.24, 2.45) is 0 Å². The second kappa shape index (κ2) is 7.81. The first kappa shape index (κ1) is 15.5. The number of aliphatic hydroxyl groups is 1. The van der Waals surface area contributed by atoms with E-state index < -0.39 is 6.10 Å². The zero-order valence-corrected chi connectivity index (χ0v) is 12.5. The molecule has 21 heavy (non-hydrogen) atoms. The van der Waals surface area contributed by atoms with E-state index in [-0.39, 0.29) is 6.10 Å². The van der Waals surface area contributed by atoms with Crippen LogP contribution in [0.15, 0.2) is 54.6 Å². The van der Waals surface area contributed by atoms with Gasteiger partial charge >= 0.3 is 0 Å². The maximum Gasteiger partial charge on any atom is 0.118 e. The Labute approximate surface area is 126 Å². The summed E-state index contributed by atoms with van der Waals surface area (Å²) in [5.41, 5.74) is 2.23. The van der Waals surface area contributed by atoms with Gasteiger partial charge in [-0.3, -0.25) is 0 Å². The number of hydrogen-bond acceptors (Lipinski definition) is 3. The first-order valence-corrected chi connectivity index (χ1v) is 7.15. The van der Waals surface area contributed by atoms with Crippen LogP contribution >= 0.6 is 0 Å². The molecular weight excluding hydrogens is 264 g/mol. The topological polar surface area (TPSA) is 38.7 Å². The Morgan fingerprint density at radius 2 is 1.62 bits per heavy atom. The summed E-state index contributed by atoms with van der Waals surface area (Å²) in [7, 11) is 1.65. The van der Waals surface area contributed by atoms with Gasteiger partial charge < -0.3 is 14.6 Å². The minimum atomic E-state index is -0.511. The Kier molecular flexibility index (Phi) is 5.78. The molecule has 0 saturated heterocycles. The van der Waals surface area contributed by atoms with Gasteiger partial charge in [0.2, 0.25) is 0 Å². The molecule has 1 N–H and O–H groups in total. The van der Waals surface area contributed by atoms with Crippen molar-refractivity contribution in [1.29, 1.82) is 0 Å². The molecule has 0 fully saturated rings. The fourth-order valence-corrected chi connectivity index (χ4v) is 2.14. The summed E-state index contributed by atoms with van der Waals surface area (Å²) in [6, 6.07) is 17.8. The molecule has 2 aromatic carbocycles. The van der Waals surface area contributed by atoms with Crippen molar-refractivity contribution in [2.75, 3.05) is 7.11 Å². The van der Waals surface area contributed by atoms with Gasteiger partial charge in [0.05, 0.1) is 25.9 Å². The molecule has 0 aliphatic carbocycles. The van der Waals surface area contributed by atoms with Crippen LogP contribution in [-0.2, 0) is 17.8 Å². The molecule has 0 amide bonds. The molecule has 0 aromatic heterocycles. The van der Waals surface area contributed by atoms with Gasteiger partial charge in [0, 0.05) is 6.42 Å². The van der Waals surface area contributed by atoms with Gasteiger partial charge in [0.15, 0.2) is 0 Å². The highest BCUT2D eigenvalue weighted by Gasteiger charge is 2.16. The first-order chi connectivity index (χ1) is 10.2. The van der Waals surface area contributed by atoms with Crippen molar-refractivity contribution < 1.29 is 14.6 Å². The van der Waals surface area contributed by atoms with Crippen molar-refractivity contribution >= 4 is 0 Å². The van der Waals surface area contributed by atoms with E-state index >= 15 is 0 Å². The second-order valence-electron chi connectivity index (χ2n) is 5.13. The summed E-state index contributed by atoms with van der Waals surface area (Å²) in [4.78, 5) is 0. The molecule has 0 heterocycles. The van der Waals surface area contributed by atoms with Crippen molar-refractivity contribution in [3.8, 4) is 5.75 Å². The van der Waals surface area contributed by atoms with E-state index in [0.717, 1.165) is 16.9 Å². The maximum atomic E-state index is 9.89. The summed E-state index contributed by atoms with van der Waals surface area (Å²) in [6.45, 7) is 2.24. The number of hydrogen-bond donors (Lipinski definition) is 1. The van der Waals surface area contributed by atoms with E-state index in [1.165, 1.54) is 0 Å². The molecule has 0 unspecified atom stereocenters. The predicted molar refractivity (Wildman–Crippen MR) is 83.4 cm³/mol. The normalized spacial score (nSPS) is 13.7. The highest BCUT2D eigenvalue weighted by atomic mass is 16.5. The number of benzene rings is 2. The second-order valence-corrected chi connectivity index (χ2v) is 5.13. The van der Waals surface area contributed by atoms with Gasteiger partial charge in [-0.25, -0.2) is 0 Å². The molecule has 2 aromatic rings. The maximum absolute atomic E-state index is 9.89. The average Bonchev–Trinajstić information content (AvgIpc) is 2.52.